The van der Waals surface area contributed by atoms with E-state index in [1.807, 2.05) is 81.7 Å². The third-order valence-electron chi connectivity index (χ3n) is 10.3. The summed E-state index contributed by atoms with van der Waals surface area (Å²) in [7, 11) is 0. The zero-order chi connectivity index (χ0) is 34.3. The molecule has 0 spiro atoms. The fourth-order valence-electron chi connectivity index (χ4n) is 5.97. The number of aromatic nitrogens is 1. The van der Waals surface area contributed by atoms with Gasteiger partial charge in [0, 0.05) is 67.9 Å². The molecule has 1 radical (unpaired) electrons. The molecule has 4 aromatic heterocycles. The van der Waals surface area contributed by atoms with Crippen molar-refractivity contribution in [2.45, 2.75) is 100 Å². The van der Waals surface area contributed by atoms with Crippen LogP contribution < -0.4 is 0 Å². The summed E-state index contributed by atoms with van der Waals surface area (Å²) < 4.78 is 5.31. The summed E-state index contributed by atoms with van der Waals surface area (Å²) in [5.41, 5.74) is 2.98. The Morgan fingerprint density at radius 3 is 2.17 bits per heavy atom. The quantitative estimate of drug-likeness (QED) is 0.0941. The average Bonchev–Trinajstić information content (AvgIpc) is 3.77. The van der Waals surface area contributed by atoms with Gasteiger partial charge in [0.1, 0.15) is 5.76 Å². The molecular weight excluding hydrogens is 827 g/mol. The molecule has 0 saturated heterocycles. The number of rotatable bonds is 8. The van der Waals surface area contributed by atoms with Crippen LogP contribution in [0.2, 0.25) is 0 Å². The van der Waals surface area contributed by atoms with Crippen molar-refractivity contribution in [3.05, 3.63) is 76.3 Å². The topological polar surface area (TPSA) is 50.2 Å². The van der Waals surface area contributed by atoms with Gasteiger partial charge in [0.05, 0.1) is 0 Å². The Morgan fingerprint density at radius 2 is 1.54 bits per heavy atom. The Hall–Kier alpha value is -2.41. The molecule has 2 aromatic carbocycles. The molecule has 1 N–H and O–H groups in total. The molecule has 4 heterocycles. The molecule has 0 aliphatic rings. The Balaban J connectivity index is 0.000000251. The second-order valence-electron chi connectivity index (χ2n) is 14.3. The number of pyridine rings is 1. The van der Waals surface area contributed by atoms with Gasteiger partial charge in [-0.1, -0.05) is 73.4 Å². The number of aliphatic hydroxyl groups excluding tert-OH is 1. The fraction of sp³-hybridized carbons (Fsp3) is 0.415. The van der Waals surface area contributed by atoms with Gasteiger partial charge in [0.15, 0.2) is 5.78 Å². The smallest absolute Gasteiger partial charge is 0.164 e. The number of aliphatic hydroxyl groups is 1. The number of fused-ring (bicyclic) bond motifs is 5. The third kappa shape index (κ3) is 7.37. The molecule has 0 saturated carbocycles. The minimum Gasteiger partial charge on any atom is -0.512 e. The Kier molecular flexibility index (Phi) is 11.9. The molecule has 3 nitrogen and oxygen atoms in total. The fourth-order valence-corrected chi connectivity index (χ4v) is 9.12. The van der Waals surface area contributed by atoms with Gasteiger partial charge < -0.3 is 5.11 Å². The summed E-state index contributed by atoms with van der Waals surface area (Å²) in [5.74, 6) is 0.286. The van der Waals surface area contributed by atoms with Gasteiger partial charge in [-0.2, -0.15) is 11.3 Å². The van der Waals surface area contributed by atoms with Crippen LogP contribution in [0.1, 0.15) is 98.4 Å². The van der Waals surface area contributed by atoms with Crippen molar-refractivity contribution >= 4 is 80.1 Å². The van der Waals surface area contributed by atoms with Crippen LogP contribution in [0.3, 0.4) is 0 Å². The Labute approximate surface area is 311 Å². The molecule has 7 heteroatoms. The Bertz CT molecular complexity index is 2100. The summed E-state index contributed by atoms with van der Waals surface area (Å²) in [6.45, 7) is 21.1. The number of carbonyl (C=O) groups excluding carboxylic acids is 1. The van der Waals surface area contributed by atoms with E-state index in [-0.39, 0.29) is 47.9 Å². The van der Waals surface area contributed by atoms with Gasteiger partial charge in [-0.3, -0.25) is 9.78 Å². The second-order valence-corrected chi connectivity index (χ2v) is 17.6. The van der Waals surface area contributed by atoms with Crippen LogP contribution in [-0.4, -0.2) is 15.9 Å². The van der Waals surface area contributed by atoms with Crippen molar-refractivity contribution in [1.29, 1.82) is 0 Å². The molecule has 6 rings (SSSR count). The van der Waals surface area contributed by atoms with E-state index in [0.29, 0.717) is 0 Å². The van der Waals surface area contributed by atoms with Crippen LogP contribution in [0.5, 0.6) is 0 Å². The summed E-state index contributed by atoms with van der Waals surface area (Å²) >= 11 is 5.54. The van der Waals surface area contributed by atoms with E-state index >= 15 is 0 Å². The zero-order valence-corrected chi connectivity index (χ0v) is 34.7. The van der Waals surface area contributed by atoms with E-state index in [9.17, 15) is 9.90 Å². The third-order valence-corrected chi connectivity index (χ3v) is 13.4. The molecule has 0 bridgehead atoms. The van der Waals surface area contributed by atoms with Crippen LogP contribution in [0, 0.1) is 23.8 Å². The molecule has 48 heavy (non-hydrogen) atoms. The second kappa shape index (κ2) is 14.8. The molecule has 6 aromatic rings. The van der Waals surface area contributed by atoms with E-state index in [1.165, 1.54) is 56.9 Å². The van der Waals surface area contributed by atoms with E-state index in [2.05, 4.69) is 75.5 Å². The van der Waals surface area contributed by atoms with Crippen molar-refractivity contribution in [2.24, 2.45) is 10.8 Å². The van der Waals surface area contributed by atoms with Gasteiger partial charge in [0.2, 0.25) is 0 Å². The van der Waals surface area contributed by atoms with E-state index in [0.717, 1.165) is 36.9 Å². The SMILES string of the molecule is CCC(C)(CC)C(=O)/C=C(\O)C(C)(CC)CC.Cc1cc2cc3sc4ccnc(-c5[c-]c6ccsc6c(C(C)(C)C)c5)c4c3cc2s1.[Ir]. The Morgan fingerprint density at radius 1 is 0.875 bits per heavy atom. The summed E-state index contributed by atoms with van der Waals surface area (Å²) in [4.78, 5) is 18.4. The monoisotopic (exact) mass is 875 g/mol. The molecular formula is C41H48IrNO2S3-. The minimum atomic E-state index is -0.337. The summed E-state index contributed by atoms with van der Waals surface area (Å²) in [5, 5.41) is 17.4. The molecule has 0 aliphatic carbocycles. The number of aryl methyl sites for hydroxylation is 1. The largest absolute Gasteiger partial charge is 0.512 e. The van der Waals surface area contributed by atoms with Crippen molar-refractivity contribution < 1.29 is 30.0 Å². The van der Waals surface area contributed by atoms with Crippen LogP contribution in [0.4, 0.5) is 0 Å². The van der Waals surface area contributed by atoms with E-state index in [1.54, 1.807) is 0 Å². The molecule has 0 fully saturated rings. The van der Waals surface area contributed by atoms with Crippen molar-refractivity contribution in [1.82, 2.24) is 4.98 Å². The minimum absolute atomic E-state index is 0. The summed E-state index contributed by atoms with van der Waals surface area (Å²) in [6.07, 6.45) is 6.70. The van der Waals surface area contributed by atoms with E-state index < -0.39 is 0 Å². The average molecular weight is 875 g/mol. The molecule has 0 atom stereocenters. The predicted octanol–water partition coefficient (Wildman–Crippen LogP) is 13.6. The number of benzene rings is 2. The maximum absolute atomic E-state index is 12.2. The molecule has 257 valence electrons. The maximum atomic E-state index is 12.2. The van der Waals surface area contributed by atoms with Gasteiger partial charge in [-0.15, -0.1) is 46.3 Å². The maximum Gasteiger partial charge on any atom is 0.164 e. The van der Waals surface area contributed by atoms with Crippen LogP contribution in [0.25, 0.3) is 51.6 Å². The van der Waals surface area contributed by atoms with Gasteiger partial charge in [0.25, 0.3) is 0 Å². The number of thiophene rings is 3. The van der Waals surface area contributed by atoms with Crippen LogP contribution in [0.15, 0.2) is 59.8 Å². The van der Waals surface area contributed by atoms with Crippen molar-refractivity contribution in [2.75, 3.05) is 0 Å². The first-order valence-electron chi connectivity index (χ1n) is 16.8. The first-order valence-corrected chi connectivity index (χ1v) is 19.3. The number of hydrogen-bond donors (Lipinski definition) is 1. The van der Waals surface area contributed by atoms with Crippen LogP contribution >= 0.6 is 34.0 Å². The zero-order valence-electron chi connectivity index (χ0n) is 29.9. The molecule has 0 unspecified atom stereocenters. The van der Waals surface area contributed by atoms with Crippen molar-refractivity contribution in [3.63, 3.8) is 0 Å². The molecule has 0 aliphatic heterocycles. The standard InChI is InChI=1S/C26H20NS3.C15H28O2.Ir/c1-14-9-16-12-22-18(13-21(16)29-14)23-20(30-22)5-7-27-24(23)17-10-15-6-8-28-25(15)19(11-17)26(2,3)4;1-7-14(5,8-2)12(16)11-13(17)15(6,9-3)10-4;/h5-9,11-13H,1-4H3;11,16H,7-10H2,1-6H3;/q-1;;/b;12-11-;. The summed E-state index contributed by atoms with van der Waals surface area (Å²) in [6, 6.07) is 17.3. The van der Waals surface area contributed by atoms with E-state index in [4.69, 9.17) is 4.98 Å². The van der Waals surface area contributed by atoms with Crippen molar-refractivity contribution in [3.8, 4) is 11.3 Å². The normalized spacial score (nSPS) is 12.8. The molecule has 0 amide bonds. The number of nitrogens with zero attached hydrogens (tertiary/aromatic N) is 1. The van der Waals surface area contributed by atoms with Gasteiger partial charge in [-0.05, 0) is 88.5 Å². The number of ketones is 1. The first kappa shape index (κ1) is 38.4. The van der Waals surface area contributed by atoms with Gasteiger partial charge in [-0.25, -0.2) is 0 Å². The van der Waals surface area contributed by atoms with Crippen LogP contribution in [-0.2, 0) is 30.3 Å². The number of carbonyl (C=O) groups is 1. The predicted molar refractivity (Wildman–Crippen MR) is 209 cm³/mol. The van der Waals surface area contributed by atoms with Gasteiger partial charge >= 0.3 is 0 Å². The first-order chi connectivity index (χ1) is 22.2. The number of hydrogen-bond acceptors (Lipinski definition) is 6. The number of allylic oxidation sites excluding steroid dienone is 2.